The first-order valence-electron chi connectivity index (χ1n) is 6.32. The third-order valence-electron chi connectivity index (χ3n) is 2.79. The number of hydrogen-bond donors (Lipinski definition) is 3. The number of imide groups is 1. The van der Waals surface area contributed by atoms with E-state index in [1.54, 1.807) is 0 Å². The second kappa shape index (κ2) is 6.94. The topological polar surface area (TPSA) is 116 Å². The van der Waals surface area contributed by atoms with Gasteiger partial charge in [0.2, 0.25) is 5.91 Å². The molecule has 1 fully saturated rings. The number of amides is 4. The Morgan fingerprint density at radius 3 is 2.45 bits per heavy atom. The molecule has 0 atom stereocenters. The van der Waals surface area contributed by atoms with E-state index in [1.165, 1.54) is 24.3 Å². The van der Waals surface area contributed by atoms with Gasteiger partial charge < -0.3 is 15.7 Å². The van der Waals surface area contributed by atoms with Crippen molar-refractivity contribution >= 4 is 40.4 Å². The van der Waals surface area contributed by atoms with Crippen LogP contribution in [0.4, 0.5) is 10.5 Å². The summed E-state index contributed by atoms with van der Waals surface area (Å²) in [4.78, 5) is 46.9. The molecule has 4 amide bonds. The van der Waals surface area contributed by atoms with Crippen molar-refractivity contribution in [2.45, 2.75) is 0 Å². The van der Waals surface area contributed by atoms with Gasteiger partial charge in [-0.3, -0.25) is 24.1 Å². The van der Waals surface area contributed by atoms with Crippen LogP contribution in [0.25, 0.3) is 0 Å². The van der Waals surface area contributed by atoms with Crippen LogP contribution in [0.5, 0.6) is 5.75 Å². The van der Waals surface area contributed by atoms with Crippen molar-refractivity contribution in [2.24, 2.45) is 0 Å². The van der Waals surface area contributed by atoms with Crippen molar-refractivity contribution < 1.29 is 24.3 Å². The largest absolute Gasteiger partial charge is 0.508 e. The molecule has 0 radical (unpaired) electrons. The van der Waals surface area contributed by atoms with E-state index < -0.39 is 11.8 Å². The molecule has 1 aromatic carbocycles. The summed E-state index contributed by atoms with van der Waals surface area (Å²) in [5.74, 6) is -1.91. The lowest BCUT2D eigenvalue weighted by Gasteiger charge is -2.13. The summed E-state index contributed by atoms with van der Waals surface area (Å²) in [5, 5.41) is 13.4. The highest BCUT2D eigenvalue weighted by Gasteiger charge is 2.29. The van der Waals surface area contributed by atoms with Gasteiger partial charge in [-0.1, -0.05) is 11.8 Å². The van der Waals surface area contributed by atoms with Crippen LogP contribution in [0.3, 0.4) is 0 Å². The monoisotopic (exact) mass is 323 g/mol. The first kappa shape index (κ1) is 15.8. The smallest absolute Gasteiger partial charge is 0.313 e. The third kappa shape index (κ3) is 3.98. The van der Waals surface area contributed by atoms with E-state index in [0.29, 0.717) is 5.69 Å². The lowest BCUT2D eigenvalue weighted by Crippen LogP contribution is -2.41. The van der Waals surface area contributed by atoms with Crippen LogP contribution in [-0.2, 0) is 14.4 Å². The standard InChI is InChI=1S/C13H13N3O5S/c17-9-3-1-8(2-4-9)15-12(20)11(19)14-5-6-16-10(18)7-22-13(16)21/h1-4,17H,5-7H2,(H,14,19)(H,15,20). The van der Waals surface area contributed by atoms with Gasteiger partial charge in [0.25, 0.3) is 5.24 Å². The number of phenols is 1. The van der Waals surface area contributed by atoms with Crippen LogP contribution in [0.2, 0.25) is 0 Å². The molecule has 9 heteroatoms. The molecule has 1 aliphatic heterocycles. The summed E-state index contributed by atoms with van der Waals surface area (Å²) in [5.41, 5.74) is 0.360. The summed E-state index contributed by atoms with van der Waals surface area (Å²) < 4.78 is 0. The third-order valence-corrected chi connectivity index (χ3v) is 3.65. The minimum atomic E-state index is -0.876. The highest BCUT2D eigenvalue weighted by atomic mass is 32.2. The van der Waals surface area contributed by atoms with E-state index in [2.05, 4.69) is 10.6 Å². The first-order valence-corrected chi connectivity index (χ1v) is 7.31. The summed E-state index contributed by atoms with van der Waals surface area (Å²) in [7, 11) is 0. The van der Waals surface area contributed by atoms with Gasteiger partial charge in [0.05, 0.1) is 5.75 Å². The van der Waals surface area contributed by atoms with E-state index in [1.807, 2.05) is 0 Å². The van der Waals surface area contributed by atoms with Crippen LogP contribution in [-0.4, -0.2) is 51.8 Å². The Morgan fingerprint density at radius 1 is 1.18 bits per heavy atom. The molecule has 116 valence electrons. The minimum absolute atomic E-state index is 0.000128. The predicted octanol–water partition coefficient (Wildman–Crippen LogP) is 0.142. The Kier molecular flexibility index (Phi) is 4.99. The quantitative estimate of drug-likeness (QED) is 0.536. The molecule has 0 aliphatic carbocycles. The Morgan fingerprint density at radius 2 is 1.86 bits per heavy atom. The second-order valence-electron chi connectivity index (χ2n) is 4.36. The number of nitrogens with zero attached hydrogens (tertiary/aromatic N) is 1. The normalized spacial score (nSPS) is 14.1. The number of nitrogens with one attached hydrogen (secondary N) is 2. The first-order chi connectivity index (χ1) is 10.5. The number of aromatic hydroxyl groups is 1. The SMILES string of the molecule is O=C(NCCN1C(=O)CSC1=O)C(=O)Nc1ccc(O)cc1. The van der Waals surface area contributed by atoms with E-state index >= 15 is 0 Å². The number of phenolic OH excluding ortho intramolecular Hbond substituents is 1. The number of carbonyl (C=O) groups excluding carboxylic acids is 4. The summed E-state index contributed by atoms with van der Waals surface area (Å²) >= 11 is 0.907. The van der Waals surface area contributed by atoms with E-state index in [-0.39, 0.29) is 35.7 Å². The van der Waals surface area contributed by atoms with Crippen molar-refractivity contribution in [3.05, 3.63) is 24.3 Å². The van der Waals surface area contributed by atoms with Gasteiger partial charge in [-0.15, -0.1) is 0 Å². The predicted molar refractivity (Wildman–Crippen MR) is 79.3 cm³/mol. The van der Waals surface area contributed by atoms with Crippen LogP contribution >= 0.6 is 11.8 Å². The molecular weight excluding hydrogens is 310 g/mol. The Labute approximate surface area is 129 Å². The average molecular weight is 323 g/mol. The number of anilines is 1. The van der Waals surface area contributed by atoms with Crippen LogP contribution in [0, 0.1) is 0 Å². The zero-order valence-electron chi connectivity index (χ0n) is 11.4. The highest BCUT2D eigenvalue weighted by molar-refractivity contribution is 8.14. The molecule has 0 unspecified atom stereocenters. The molecule has 0 bridgehead atoms. The fourth-order valence-corrected chi connectivity index (χ4v) is 2.44. The second-order valence-corrected chi connectivity index (χ2v) is 5.28. The van der Waals surface area contributed by atoms with E-state index in [9.17, 15) is 19.2 Å². The molecule has 1 aromatic rings. The number of thioether (sulfide) groups is 1. The maximum Gasteiger partial charge on any atom is 0.313 e. The van der Waals surface area contributed by atoms with Gasteiger partial charge in [0.1, 0.15) is 5.75 Å². The number of hydrogen-bond acceptors (Lipinski definition) is 6. The van der Waals surface area contributed by atoms with Crippen molar-refractivity contribution in [3.8, 4) is 5.75 Å². The van der Waals surface area contributed by atoms with Crippen molar-refractivity contribution in [3.63, 3.8) is 0 Å². The molecule has 2 rings (SSSR count). The van der Waals surface area contributed by atoms with E-state index in [0.717, 1.165) is 16.7 Å². The van der Waals surface area contributed by atoms with Crippen molar-refractivity contribution in [1.29, 1.82) is 0 Å². The number of rotatable bonds is 4. The van der Waals surface area contributed by atoms with E-state index in [4.69, 9.17) is 5.11 Å². The van der Waals surface area contributed by atoms with Crippen molar-refractivity contribution in [1.82, 2.24) is 10.2 Å². The molecule has 3 N–H and O–H groups in total. The van der Waals surface area contributed by atoms with Gasteiger partial charge in [-0.2, -0.15) is 0 Å². The van der Waals surface area contributed by atoms with Gasteiger partial charge in [-0.25, -0.2) is 0 Å². The number of benzene rings is 1. The van der Waals surface area contributed by atoms with Gasteiger partial charge >= 0.3 is 11.8 Å². The molecule has 22 heavy (non-hydrogen) atoms. The maximum absolute atomic E-state index is 11.6. The highest BCUT2D eigenvalue weighted by Crippen LogP contribution is 2.17. The van der Waals surface area contributed by atoms with Crippen molar-refractivity contribution in [2.75, 3.05) is 24.2 Å². The van der Waals surface area contributed by atoms with Gasteiger partial charge in [0.15, 0.2) is 0 Å². The fraction of sp³-hybridized carbons (Fsp3) is 0.231. The zero-order valence-corrected chi connectivity index (χ0v) is 12.2. The van der Waals surface area contributed by atoms with Gasteiger partial charge in [0, 0.05) is 18.8 Å². The Hall–Kier alpha value is -2.55. The molecule has 1 saturated heterocycles. The molecule has 1 aliphatic rings. The fourth-order valence-electron chi connectivity index (χ4n) is 1.69. The zero-order chi connectivity index (χ0) is 16.1. The lowest BCUT2D eigenvalue weighted by molar-refractivity contribution is -0.136. The Bertz CT molecular complexity index is 601. The lowest BCUT2D eigenvalue weighted by atomic mass is 10.3. The Balaban J connectivity index is 1.77. The molecular formula is C13H13N3O5S. The number of carbonyl (C=O) groups is 4. The molecule has 1 heterocycles. The molecule has 0 spiro atoms. The average Bonchev–Trinajstić information content (AvgIpc) is 2.81. The molecule has 0 aromatic heterocycles. The molecule has 0 saturated carbocycles. The van der Waals surface area contributed by atoms with Crippen LogP contribution < -0.4 is 10.6 Å². The maximum atomic E-state index is 11.6. The molecule has 8 nitrogen and oxygen atoms in total. The van der Waals surface area contributed by atoms with Crippen LogP contribution in [0.15, 0.2) is 24.3 Å². The minimum Gasteiger partial charge on any atom is -0.508 e. The van der Waals surface area contributed by atoms with Crippen LogP contribution in [0.1, 0.15) is 0 Å². The summed E-state index contributed by atoms with van der Waals surface area (Å²) in [6.45, 7) is 0.0305. The summed E-state index contributed by atoms with van der Waals surface area (Å²) in [6, 6.07) is 5.63. The summed E-state index contributed by atoms with van der Waals surface area (Å²) in [6.07, 6.45) is 0. The van der Waals surface area contributed by atoms with Gasteiger partial charge in [-0.05, 0) is 24.3 Å².